The van der Waals surface area contributed by atoms with Gasteiger partial charge in [-0.3, -0.25) is 4.79 Å². The van der Waals surface area contributed by atoms with E-state index in [9.17, 15) is 9.18 Å². The molecule has 0 N–H and O–H groups in total. The molecule has 0 spiro atoms. The van der Waals surface area contributed by atoms with E-state index < -0.39 is 0 Å². The Hall–Kier alpha value is -3.68. The van der Waals surface area contributed by atoms with Gasteiger partial charge in [0, 0.05) is 35.8 Å². The van der Waals surface area contributed by atoms with Crippen molar-refractivity contribution in [1.29, 1.82) is 0 Å². The molecule has 3 heterocycles. The maximum atomic E-state index is 13.4. The minimum absolute atomic E-state index is 0.178. The van der Waals surface area contributed by atoms with E-state index in [0.29, 0.717) is 17.7 Å². The quantitative estimate of drug-likeness (QED) is 0.563. The first kappa shape index (κ1) is 15.8. The molecule has 0 aliphatic heterocycles. The molecule has 0 unspecified atom stereocenters. The molecule has 0 radical (unpaired) electrons. The molecule has 4 aromatic rings. The Morgan fingerprint density at radius 1 is 1.08 bits per heavy atom. The number of aromatic nitrogens is 5. The number of hydrogen-bond donors (Lipinski definition) is 0. The van der Waals surface area contributed by atoms with Crippen LogP contribution in [-0.4, -0.2) is 24.7 Å². The molecule has 0 bridgehead atoms. The maximum absolute atomic E-state index is 13.4. The van der Waals surface area contributed by atoms with Gasteiger partial charge in [0.05, 0.1) is 12.1 Å². The number of hydrogen-bond acceptors (Lipinski definition) is 6. The Kier molecular flexibility index (Phi) is 4.06. The Balaban J connectivity index is 1.66. The van der Waals surface area contributed by atoms with Gasteiger partial charge in [0.2, 0.25) is 5.82 Å². The van der Waals surface area contributed by atoms with Crippen LogP contribution in [0.25, 0.3) is 22.8 Å². The summed E-state index contributed by atoms with van der Waals surface area (Å²) in [6.45, 7) is 0.318. The summed E-state index contributed by atoms with van der Waals surface area (Å²) in [4.78, 5) is 24.2. The van der Waals surface area contributed by atoms with Gasteiger partial charge in [0.15, 0.2) is 0 Å². The molecule has 4 rings (SSSR count). The highest BCUT2D eigenvalue weighted by atomic mass is 19.1. The van der Waals surface area contributed by atoms with Gasteiger partial charge in [-0.05, 0) is 18.2 Å². The Labute approximate surface area is 146 Å². The summed E-state index contributed by atoms with van der Waals surface area (Å²) in [6.07, 6.45) is 6.33. The van der Waals surface area contributed by atoms with Crippen LogP contribution in [0.2, 0.25) is 0 Å². The third-order valence-corrected chi connectivity index (χ3v) is 3.71. The zero-order valence-corrected chi connectivity index (χ0v) is 13.4. The Morgan fingerprint density at radius 2 is 1.92 bits per heavy atom. The van der Waals surface area contributed by atoms with E-state index in [1.165, 1.54) is 29.1 Å². The molecule has 0 aliphatic rings. The van der Waals surface area contributed by atoms with Crippen molar-refractivity contribution in [3.8, 4) is 22.8 Å². The third-order valence-electron chi connectivity index (χ3n) is 3.71. The highest BCUT2D eigenvalue weighted by molar-refractivity contribution is 5.59. The number of halogens is 1. The lowest BCUT2D eigenvalue weighted by Crippen LogP contribution is -2.19. The predicted molar refractivity (Wildman–Crippen MR) is 90.5 cm³/mol. The fourth-order valence-corrected chi connectivity index (χ4v) is 2.48. The molecule has 8 heteroatoms. The monoisotopic (exact) mass is 349 g/mol. The van der Waals surface area contributed by atoms with Crippen molar-refractivity contribution >= 4 is 0 Å². The molecule has 7 nitrogen and oxygen atoms in total. The first-order chi connectivity index (χ1) is 12.7. The molecule has 0 atom stereocenters. The molecular weight excluding hydrogens is 337 g/mol. The van der Waals surface area contributed by atoms with Crippen molar-refractivity contribution in [2.45, 2.75) is 6.54 Å². The molecular formula is C18H12FN5O2. The zero-order valence-electron chi connectivity index (χ0n) is 13.4. The van der Waals surface area contributed by atoms with Crippen molar-refractivity contribution in [3.05, 3.63) is 83.1 Å². The van der Waals surface area contributed by atoms with Crippen molar-refractivity contribution in [2.75, 3.05) is 0 Å². The van der Waals surface area contributed by atoms with Gasteiger partial charge in [-0.1, -0.05) is 17.3 Å². The number of nitrogens with zero attached hydrogens (tertiary/aromatic N) is 5. The minimum atomic E-state index is -0.382. The summed E-state index contributed by atoms with van der Waals surface area (Å²) < 4.78 is 20.1. The van der Waals surface area contributed by atoms with Crippen molar-refractivity contribution in [2.24, 2.45) is 0 Å². The fourth-order valence-electron chi connectivity index (χ4n) is 2.48. The van der Waals surface area contributed by atoms with Crippen LogP contribution in [0.4, 0.5) is 4.39 Å². The smallest absolute Gasteiger partial charge is 0.259 e. The van der Waals surface area contributed by atoms with E-state index in [1.807, 2.05) is 0 Å². The molecule has 0 fully saturated rings. The second kappa shape index (κ2) is 6.67. The molecule has 128 valence electrons. The lowest BCUT2D eigenvalue weighted by atomic mass is 10.2. The lowest BCUT2D eigenvalue weighted by molar-refractivity contribution is 0.432. The number of pyridine rings is 1. The van der Waals surface area contributed by atoms with Gasteiger partial charge in [-0.2, -0.15) is 4.98 Å². The standard InChI is InChI=1S/C18H12FN5O2/c19-15-3-1-2-13(6-15)17-22-18(26-23-17)14-4-5-16(25)24(10-14)9-12-7-20-11-21-8-12/h1-8,10-11H,9H2. The van der Waals surface area contributed by atoms with Crippen LogP contribution >= 0.6 is 0 Å². The highest BCUT2D eigenvalue weighted by Crippen LogP contribution is 2.22. The van der Waals surface area contributed by atoms with Crippen LogP contribution in [0.15, 0.2) is 70.6 Å². The molecule has 0 amide bonds. The molecule has 26 heavy (non-hydrogen) atoms. The summed E-state index contributed by atoms with van der Waals surface area (Å²) >= 11 is 0. The summed E-state index contributed by atoms with van der Waals surface area (Å²) in [6, 6.07) is 8.95. The van der Waals surface area contributed by atoms with Crippen molar-refractivity contribution < 1.29 is 8.91 Å². The van der Waals surface area contributed by atoms with Gasteiger partial charge in [0.1, 0.15) is 12.1 Å². The van der Waals surface area contributed by atoms with E-state index in [0.717, 1.165) is 5.56 Å². The van der Waals surface area contributed by atoms with Crippen LogP contribution in [0, 0.1) is 5.82 Å². The lowest BCUT2D eigenvalue weighted by Gasteiger charge is -2.05. The highest BCUT2D eigenvalue weighted by Gasteiger charge is 2.12. The van der Waals surface area contributed by atoms with Gasteiger partial charge in [-0.15, -0.1) is 0 Å². The summed E-state index contributed by atoms with van der Waals surface area (Å²) in [5.74, 6) is 0.128. The predicted octanol–water partition coefficient (Wildman–Crippen LogP) is 2.54. The van der Waals surface area contributed by atoms with E-state index >= 15 is 0 Å². The first-order valence-corrected chi connectivity index (χ1v) is 7.73. The van der Waals surface area contributed by atoms with E-state index in [2.05, 4.69) is 20.1 Å². The van der Waals surface area contributed by atoms with Crippen LogP contribution in [0.5, 0.6) is 0 Å². The summed E-state index contributed by atoms with van der Waals surface area (Å²) in [5, 5.41) is 3.88. The average Bonchev–Trinajstić information content (AvgIpc) is 3.15. The van der Waals surface area contributed by atoms with Crippen LogP contribution in [-0.2, 0) is 6.54 Å². The summed E-state index contributed by atoms with van der Waals surface area (Å²) in [5.41, 5.74) is 1.70. The second-order valence-electron chi connectivity index (χ2n) is 5.56. The maximum Gasteiger partial charge on any atom is 0.259 e. The molecule has 3 aromatic heterocycles. The van der Waals surface area contributed by atoms with Crippen molar-refractivity contribution in [1.82, 2.24) is 24.7 Å². The minimum Gasteiger partial charge on any atom is -0.334 e. The molecule has 1 aromatic carbocycles. The average molecular weight is 349 g/mol. The van der Waals surface area contributed by atoms with Crippen LogP contribution in [0.1, 0.15) is 5.56 Å². The summed E-state index contributed by atoms with van der Waals surface area (Å²) in [7, 11) is 0. The first-order valence-electron chi connectivity index (χ1n) is 7.73. The molecule has 0 saturated heterocycles. The zero-order chi connectivity index (χ0) is 17.9. The Morgan fingerprint density at radius 3 is 2.73 bits per heavy atom. The van der Waals surface area contributed by atoms with E-state index in [-0.39, 0.29) is 23.1 Å². The molecule has 0 saturated carbocycles. The van der Waals surface area contributed by atoms with E-state index in [1.54, 1.807) is 36.8 Å². The van der Waals surface area contributed by atoms with Gasteiger partial charge >= 0.3 is 0 Å². The normalized spacial score (nSPS) is 10.8. The number of rotatable bonds is 4. The van der Waals surface area contributed by atoms with Crippen LogP contribution in [0.3, 0.4) is 0 Å². The van der Waals surface area contributed by atoms with Gasteiger partial charge < -0.3 is 9.09 Å². The second-order valence-corrected chi connectivity index (χ2v) is 5.56. The SMILES string of the molecule is O=c1ccc(-c2nc(-c3cccc(F)c3)no2)cn1Cc1cncnc1. The largest absolute Gasteiger partial charge is 0.334 e. The van der Waals surface area contributed by atoms with Gasteiger partial charge in [-0.25, -0.2) is 14.4 Å². The fraction of sp³-hybridized carbons (Fsp3) is 0.0556. The molecule has 0 aliphatic carbocycles. The third kappa shape index (κ3) is 3.25. The number of benzene rings is 1. The Bertz CT molecular complexity index is 1110. The van der Waals surface area contributed by atoms with E-state index in [4.69, 9.17) is 4.52 Å². The van der Waals surface area contributed by atoms with Crippen molar-refractivity contribution in [3.63, 3.8) is 0 Å². The van der Waals surface area contributed by atoms with Crippen LogP contribution < -0.4 is 5.56 Å². The van der Waals surface area contributed by atoms with Gasteiger partial charge in [0.25, 0.3) is 11.4 Å². The topological polar surface area (TPSA) is 86.7 Å².